The lowest BCUT2D eigenvalue weighted by molar-refractivity contribution is 0.474. The van der Waals surface area contributed by atoms with E-state index in [0.717, 1.165) is 16.3 Å². The largest absolute Gasteiger partial charge is 0.508 e. The highest BCUT2D eigenvalue weighted by atomic mass is 35.5. The molecule has 0 aliphatic rings. The van der Waals surface area contributed by atoms with E-state index in [1.54, 1.807) is 36.5 Å². The van der Waals surface area contributed by atoms with Gasteiger partial charge in [0.25, 0.3) is 0 Å². The molecule has 0 aliphatic carbocycles. The molecule has 0 unspecified atom stereocenters. The number of aromatic nitrogens is 1. The molecular formula is C17H10ClNO3. The molecule has 0 bridgehead atoms. The Hall–Kier alpha value is -2.72. The second-order valence-electron chi connectivity index (χ2n) is 4.99. The minimum atomic E-state index is -0.0465. The van der Waals surface area contributed by atoms with E-state index in [1.807, 2.05) is 12.1 Å². The predicted molar refractivity (Wildman–Crippen MR) is 85.3 cm³/mol. The quantitative estimate of drug-likeness (QED) is 0.534. The fraction of sp³-hybridized carbons (Fsp3) is 0. The average molecular weight is 312 g/mol. The zero-order valence-corrected chi connectivity index (χ0v) is 12.0. The molecule has 2 aromatic heterocycles. The molecular weight excluding hydrogens is 302 g/mol. The molecule has 2 N–H and O–H groups in total. The van der Waals surface area contributed by atoms with Crippen LogP contribution in [0.25, 0.3) is 33.2 Å². The van der Waals surface area contributed by atoms with Crippen molar-refractivity contribution in [3.05, 3.63) is 53.7 Å². The van der Waals surface area contributed by atoms with Crippen molar-refractivity contribution in [2.24, 2.45) is 0 Å². The van der Waals surface area contributed by atoms with Crippen molar-refractivity contribution in [3.8, 4) is 22.8 Å². The molecule has 4 aromatic rings. The van der Waals surface area contributed by atoms with E-state index in [9.17, 15) is 10.2 Å². The maximum absolute atomic E-state index is 10.0. The van der Waals surface area contributed by atoms with Gasteiger partial charge in [0.2, 0.25) is 0 Å². The normalized spacial score (nSPS) is 11.3. The van der Waals surface area contributed by atoms with Crippen molar-refractivity contribution >= 4 is 33.5 Å². The van der Waals surface area contributed by atoms with Crippen LogP contribution in [0.5, 0.6) is 11.5 Å². The number of phenolic OH excluding ortho intramolecular Hbond substituents is 2. The molecule has 0 spiro atoms. The molecule has 0 fully saturated rings. The molecule has 0 amide bonds. The first-order chi connectivity index (χ1) is 10.6. The van der Waals surface area contributed by atoms with Gasteiger partial charge in [-0.05, 0) is 30.3 Å². The Labute approximate surface area is 130 Å². The fourth-order valence-electron chi connectivity index (χ4n) is 2.55. The van der Waals surface area contributed by atoms with Crippen LogP contribution in [0.1, 0.15) is 0 Å². The number of hydrogen-bond acceptors (Lipinski definition) is 4. The highest BCUT2D eigenvalue weighted by Crippen LogP contribution is 2.40. The highest BCUT2D eigenvalue weighted by Gasteiger charge is 2.15. The summed E-state index contributed by atoms with van der Waals surface area (Å²) in [5.74, 6) is 0.693. The third-order valence-corrected chi connectivity index (χ3v) is 3.88. The van der Waals surface area contributed by atoms with Gasteiger partial charge >= 0.3 is 0 Å². The zero-order chi connectivity index (χ0) is 15.3. The predicted octanol–water partition coefficient (Wildman–Crippen LogP) is 4.71. The molecule has 0 saturated carbocycles. The van der Waals surface area contributed by atoms with Crippen molar-refractivity contribution < 1.29 is 14.6 Å². The summed E-state index contributed by atoms with van der Waals surface area (Å²) in [4.78, 5) is 4.18. The van der Waals surface area contributed by atoms with Crippen LogP contribution in [-0.2, 0) is 0 Å². The summed E-state index contributed by atoms with van der Waals surface area (Å²) in [5.41, 5.74) is 1.74. The van der Waals surface area contributed by atoms with E-state index in [2.05, 4.69) is 4.98 Å². The summed E-state index contributed by atoms with van der Waals surface area (Å²) in [6.45, 7) is 0. The third kappa shape index (κ3) is 1.89. The second kappa shape index (κ2) is 4.64. The molecule has 0 radical (unpaired) electrons. The lowest BCUT2D eigenvalue weighted by atomic mass is 10.1. The Kier molecular flexibility index (Phi) is 2.74. The van der Waals surface area contributed by atoms with Crippen LogP contribution in [-0.4, -0.2) is 15.2 Å². The lowest BCUT2D eigenvalue weighted by Gasteiger charge is -2.07. The molecule has 22 heavy (non-hydrogen) atoms. The number of benzene rings is 2. The van der Waals surface area contributed by atoms with E-state index in [1.165, 1.54) is 0 Å². The van der Waals surface area contributed by atoms with Gasteiger partial charge in [0.05, 0.1) is 5.02 Å². The van der Waals surface area contributed by atoms with Crippen LogP contribution in [0, 0.1) is 0 Å². The third-order valence-electron chi connectivity index (χ3n) is 3.59. The average Bonchev–Trinajstić information content (AvgIpc) is 2.93. The minimum Gasteiger partial charge on any atom is -0.508 e. The summed E-state index contributed by atoms with van der Waals surface area (Å²) in [5, 5.41) is 21.4. The number of halogens is 1. The Balaban J connectivity index is 2.05. The molecule has 0 saturated heterocycles. The van der Waals surface area contributed by atoms with Gasteiger partial charge in [-0.2, -0.15) is 0 Å². The zero-order valence-electron chi connectivity index (χ0n) is 11.2. The molecule has 0 aliphatic heterocycles. The van der Waals surface area contributed by atoms with E-state index >= 15 is 0 Å². The number of hydrogen-bond donors (Lipinski definition) is 2. The summed E-state index contributed by atoms with van der Waals surface area (Å²) < 4.78 is 5.81. The van der Waals surface area contributed by atoms with Gasteiger partial charge in [-0.3, -0.25) is 4.98 Å². The van der Waals surface area contributed by atoms with Crippen molar-refractivity contribution in [1.82, 2.24) is 4.98 Å². The molecule has 108 valence electrons. The molecule has 4 rings (SSSR count). The van der Waals surface area contributed by atoms with E-state index < -0.39 is 0 Å². The summed E-state index contributed by atoms with van der Waals surface area (Å²) in [6, 6.07) is 12.1. The Bertz CT molecular complexity index is 1020. The van der Waals surface area contributed by atoms with E-state index in [4.69, 9.17) is 16.0 Å². The van der Waals surface area contributed by atoms with Gasteiger partial charge in [0, 0.05) is 28.6 Å². The number of furan rings is 1. The number of nitrogens with zero attached hydrogens (tertiary/aromatic N) is 1. The van der Waals surface area contributed by atoms with Crippen LogP contribution in [0.3, 0.4) is 0 Å². The van der Waals surface area contributed by atoms with Crippen LogP contribution < -0.4 is 0 Å². The van der Waals surface area contributed by atoms with Gasteiger partial charge in [-0.1, -0.05) is 17.7 Å². The van der Waals surface area contributed by atoms with E-state index in [0.29, 0.717) is 16.9 Å². The standard InChI is InChI=1S/C17H10ClNO3/c18-13-8-12(11-2-1-5-19-16(11)17(13)21)15-6-9-3-4-10(20)7-14(9)22-15/h1-8,20-21H. The van der Waals surface area contributed by atoms with Crippen LogP contribution in [0.2, 0.25) is 5.02 Å². The van der Waals surface area contributed by atoms with Crippen LogP contribution in [0.4, 0.5) is 0 Å². The maximum atomic E-state index is 10.0. The number of fused-ring (bicyclic) bond motifs is 2. The topological polar surface area (TPSA) is 66.5 Å². The van der Waals surface area contributed by atoms with Gasteiger partial charge in [-0.15, -0.1) is 0 Å². The first-order valence-electron chi connectivity index (χ1n) is 6.62. The Morgan fingerprint density at radius 1 is 1.05 bits per heavy atom. The smallest absolute Gasteiger partial charge is 0.160 e. The van der Waals surface area contributed by atoms with Gasteiger partial charge in [-0.25, -0.2) is 0 Å². The van der Waals surface area contributed by atoms with Crippen LogP contribution >= 0.6 is 11.6 Å². The van der Waals surface area contributed by atoms with Crippen molar-refractivity contribution in [2.75, 3.05) is 0 Å². The fourth-order valence-corrected chi connectivity index (χ4v) is 2.75. The number of phenols is 2. The Morgan fingerprint density at radius 3 is 2.77 bits per heavy atom. The van der Waals surface area contributed by atoms with Gasteiger partial charge in [0.15, 0.2) is 5.75 Å². The van der Waals surface area contributed by atoms with Crippen molar-refractivity contribution in [3.63, 3.8) is 0 Å². The van der Waals surface area contributed by atoms with Gasteiger partial charge < -0.3 is 14.6 Å². The number of aromatic hydroxyl groups is 2. The minimum absolute atomic E-state index is 0.0465. The molecule has 0 atom stereocenters. The monoisotopic (exact) mass is 311 g/mol. The number of pyridine rings is 1. The molecule has 2 aromatic carbocycles. The summed E-state index contributed by atoms with van der Waals surface area (Å²) in [7, 11) is 0. The lowest BCUT2D eigenvalue weighted by Crippen LogP contribution is -1.84. The molecule has 4 nitrogen and oxygen atoms in total. The maximum Gasteiger partial charge on any atom is 0.160 e. The molecule has 2 heterocycles. The first-order valence-corrected chi connectivity index (χ1v) is 7.00. The van der Waals surface area contributed by atoms with E-state index in [-0.39, 0.29) is 16.5 Å². The second-order valence-corrected chi connectivity index (χ2v) is 5.39. The highest BCUT2D eigenvalue weighted by molar-refractivity contribution is 6.33. The Morgan fingerprint density at radius 2 is 1.91 bits per heavy atom. The summed E-state index contributed by atoms with van der Waals surface area (Å²) in [6.07, 6.45) is 1.60. The number of rotatable bonds is 1. The first kappa shape index (κ1) is 13.0. The molecule has 5 heteroatoms. The SMILES string of the molecule is Oc1ccc2cc(-c3cc(Cl)c(O)c4ncccc34)oc2c1. The van der Waals surface area contributed by atoms with Gasteiger partial charge in [0.1, 0.15) is 22.6 Å². The van der Waals surface area contributed by atoms with Crippen LogP contribution in [0.15, 0.2) is 53.1 Å². The van der Waals surface area contributed by atoms with Crippen molar-refractivity contribution in [1.29, 1.82) is 0 Å². The van der Waals surface area contributed by atoms with Crippen molar-refractivity contribution in [2.45, 2.75) is 0 Å². The summed E-state index contributed by atoms with van der Waals surface area (Å²) >= 11 is 6.09.